The van der Waals surface area contributed by atoms with Crippen LogP contribution in [0.4, 0.5) is 18.0 Å². The zero-order chi connectivity index (χ0) is 23.0. The number of amides is 1. The highest BCUT2D eigenvalue weighted by Crippen LogP contribution is 2.46. The molecule has 2 aromatic carbocycles. The van der Waals surface area contributed by atoms with Gasteiger partial charge in [-0.1, -0.05) is 0 Å². The molecular weight excluding hydrogens is 425 g/mol. The van der Waals surface area contributed by atoms with Crippen LogP contribution in [-0.2, 0) is 4.74 Å². The second kappa shape index (κ2) is 8.84. The molecule has 1 aromatic heterocycles. The van der Waals surface area contributed by atoms with Crippen LogP contribution in [0.5, 0.6) is 0 Å². The molecule has 1 aliphatic rings. The number of hydrogen-bond donors (Lipinski definition) is 4. The minimum absolute atomic E-state index is 0.145. The minimum atomic E-state index is -0.948. The third kappa shape index (κ3) is 4.31. The molecule has 0 bridgehead atoms. The van der Waals surface area contributed by atoms with Crippen molar-refractivity contribution in [2.45, 2.75) is 43.9 Å². The van der Waals surface area contributed by atoms with E-state index in [9.17, 15) is 28.2 Å². The lowest BCUT2D eigenvalue weighted by Crippen LogP contribution is -2.46. The summed E-state index contributed by atoms with van der Waals surface area (Å²) in [4.78, 5) is 15.0. The first kappa shape index (κ1) is 22.2. The average Bonchev–Trinajstić information content (AvgIpc) is 3.08. The molecule has 0 radical (unpaired) electrons. The van der Waals surface area contributed by atoms with Crippen molar-refractivity contribution >= 4 is 17.0 Å². The Kier molecular flexibility index (Phi) is 6.12. The number of ether oxygens (including phenoxy) is 1. The average molecular weight is 448 g/mol. The van der Waals surface area contributed by atoms with Gasteiger partial charge < -0.3 is 25.3 Å². The number of aromatic nitrogens is 1. The number of carbonyl (C=O) groups excluding carboxylic acids is 1. The lowest BCUT2D eigenvalue weighted by atomic mass is 9.75. The monoisotopic (exact) mass is 448 g/mol. The maximum Gasteiger partial charge on any atom is 0.407 e. The number of alkyl carbamates (subject to hydrolysis) is 1. The molecule has 6 nitrogen and oxygen atoms in total. The van der Waals surface area contributed by atoms with Crippen LogP contribution in [0.1, 0.15) is 31.2 Å². The summed E-state index contributed by atoms with van der Waals surface area (Å²) in [5, 5.41) is 21.5. The molecule has 4 N–H and O–H groups in total. The summed E-state index contributed by atoms with van der Waals surface area (Å²) in [6.45, 7) is 1.00. The van der Waals surface area contributed by atoms with Gasteiger partial charge in [-0.2, -0.15) is 0 Å². The molecule has 0 unspecified atom stereocenters. The highest BCUT2D eigenvalue weighted by molar-refractivity contribution is 5.92. The normalized spacial score (nSPS) is 19.9. The SMILES string of the molecule is C[C@H](O)[C@H](CO)NC(=O)OC1CC(c2c(-c3ccc(F)cc3)[nH]c3c(F)cc(F)cc23)C1. The second-order valence-corrected chi connectivity index (χ2v) is 8.10. The van der Waals surface area contributed by atoms with E-state index in [1.807, 2.05) is 0 Å². The van der Waals surface area contributed by atoms with Gasteiger partial charge >= 0.3 is 6.09 Å². The van der Waals surface area contributed by atoms with Crippen LogP contribution in [0.15, 0.2) is 36.4 Å². The van der Waals surface area contributed by atoms with Crippen molar-refractivity contribution in [3.05, 3.63) is 59.4 Å². The summed E-state index contributed by atoms with van der Waals surface area (Å²) < 4.78 is 47.1. The molecule has 32 heavy (non-hydrogen) atoms. The van der Waals surface area contributed by atoms with Crippen molar-refractivity contribution in [3.8, 4) is 11.3 Å². The predicted octanol–water partition coefficient (Wildman–Crippen LogP) is 3.97. The topological polar surface area (TPSA) is 94.6 Å². The van der Waals surface area contributed by atoms with Crippen LogP contribution >= 0.6 is 0 Å². The van der Waals surface area contributed by atoms with Gasteiger partial charge in [-0.3, -0.25) is 0 Å². The van der Waals surface area contributed by atoms with Gasteiger partial charge in [0.2, 0.25) is 0 Å². The Morgan fingerprint density at radius 3 is 2.50 bits per heavy atom. The van der Waals surface area contributed by atoms with Gasteiger partial charge in [-0.05, 0) is 67.1 Å². The number of aliphatic hydroxyl groups is 2. The molecule has 0 spiro atoms. The van der Waals surface area contributed by atoms with Gasteiger partial charge in [0.15, 0.2) is 0 Å². The highest BCUT2D eigenvalue weighted by Gasteiger charge is 2.37. The molecule has 1 amide bonds. The Bertz CT molecular complexity index is 1120. The predicted molar refractivity (Wildman–Crippen MR) is 112 cm³/mol. The van der Waals surface area contributed by atoms with Gasteiger partial charge in [0.05, 0.1) is 30.0 Å². The number of halogens is 3. The summed E-state index contributed by atoms with van der Waals surface area (Å²) in [6.07, 6.45) is -1.30. The maximum atomic E-state index is 14.4. The first-order valence-corrected chi connectivity index (χ1v) is 10.3. The molecule has 1 fully saturated rings. The Morgan fingerprint density at radius 1 is 1.19 bits per heavy atom. The van der Waals surface area contributed by atoms with Crippen LogP contribution < -0.4 is 5.32 Å². The Hall–Kier alpha value is -3.04. The maximum absolute atomic E-state index is 14.4. The fraction of sp³-hybridized carbons (Fsp3) is 0.348. The van der Waals surface area contributed by atoms with Crippen molar-refractivity contribution in [1.82, 2.24) is 10.3 Å². The van der Waals surface area contributed by atoms with E-state index in [0.717, 1.165) is 6.07 Å². The molecule has 1 saturated carbocycles. The molecule has 1 aliphatic carbocycles. The number of aromatic amines is 1. The number of benzene rings is 2. The Balaban J connectivity index is 1.57. The van der Waals surface area contributed by atoms with Gasteiger partial charge in [0.1, 0.15) is 23.6 Å². The highest BCUT2D eigenvalue weighted by atomic mass is 19.1. The fourth-order valence-corrected chi connectivity index (χ4v) is 4.06. The van der Waals surface area contributed by atoms with Gasteiger partial charge in [-0.25, -0.2) is 18.0 Å². The number of H-pyrrole nitrogens is 1. The lowest BCUT2D eigenvalue weighted by Gasteiger charge is -2.35. The number of hydrogen-bond acceptors (Lipinski definition) is 4. The van der Waals surface area contributed by atoms with Crippen LogP contribution in [0, 0.1) is 17.5 Å². The molecule has 3 aromatic rings. The molecule has 2 atom stereocenters. The summed E-state index contributed by atoms with van der Waals surface area (Å²) in [7, 11) is 0. The van der Waals surface area contributed by atoms with Crippen molar-refractivity contribution in [3.63, 3.8) is 0 Å². The summed E-state index contributed by atoms with van der Waals surface area (Å²) >= 11 is 0. The van der Waals surface area contributed by atoms with Gasteiger partial charge in [0, 0.05) is 11.5 Å². The van der Waals surface area contributed by atoms with Crippen LogP contribution in [0.2, 0.25) is 0 Å². The van der Waals surface area contributed by atoms with Crippen molar-refractivity contribution in [1.29, 1.82) is 0 Å². The van der Waals surface area contributed by atoms with Gasteiger partial charge in [-0.15, -0.1) is 0 Å². The van der Waals surface area contributed by atoms with Crippen molar-refractivity contribution in [2.24, 2.45) is 0 Å². The molecule has 4 rings (SSSR count). The molecule has 9 heteroatoms. The molecule has 0 saturated heterocycles. The Labute approximate surface area is 182 Å². The number of nitrogens with one attached hydrogen (secondary N) is 2. The smallest absolute Gasteiger partial charge is 0.407 e. The third-order valence-electron chi connectivity index (χ3n) is 5.86. The number of carbonyl (C=O) groups is 1. The second-order valence-electron chi connectivity index (χ2n) is 8.10. The van der Waals surface area contributed by atoms with E-state index in [0.29, 0.717) is 35.0 Å². The van der Waals surface area contributed by atoms with E-state index in [2.05, 4.69) is 10.3 Å². The Morgan fingerprint density at radius 2 is 1.88 bits per heavy atom. The van der Waals surface area contributed by atoms with E-state index in [4.69, 9.17) is 4.74 Å². The summed E-state index contributed by atoms with van der Waals surface area (Å²) in [5.74, 6) is -1.99. The number of aliphatic hydroxyl groups excluding tert-OH is 2. The number of fused-ring (bicyclic) bond motifs is 1. The molecular formula is C23H23F3N2O4. The van der Waals surface area contributed by atoms with Crippen LogP contribution in [0.25, 0.3) is 22.2 Å². The van der Waals surface area contributed by atoms with E-state index in [1.165, 1.54) is 25.1 Å². The minimum Gasteiger partial charge on any atom is -0.446 e. The molecule has 0 aliphatic heterocycles. The number of rotatable bonds is 6. The van der Waals surface area contributed by atoms with E-state index >= 15 is 0 Å². The molecule has 170 valence electrons. The van der Waals surface area contributed by atoms with Crippen LogP contribution in [0.3, 0.4) is 0 Å². The first-order valence-electron chi connectivity index (χ1n) is 10.3. The van der Waals surface area contributed by atoms with Crippen LogP contribution in [-0.4, -0.2) is 46.1 Å². The molecule has 1 heterocycles. The zero-order valence-electron chi connectivity index (χ0n) is 17.2. The summed E-state index contributed by atoms with van der Waals surface area (Å²) in [5.41, 5.74) is 2.03. The standard InChI is InChI=1S/C23H23F3N2O4/c1-11(30)19(10-29)27-23(31)32-16-6-13(7-16)20-17-8-15(25)9-18(26)22(17)28-21(20)12-2-4-14(24)5-3-12/h2-5,8-9,11,13,16,19,28-30H,6-7,10H2,1H3,(H,27,31)/t11-,13?,16?,19-/m0/s1. The summed E-state index contributed by atoms with van der Waals surface area (Å²) in [6, 6.07) is 6.91. The largest absolute Gasteiger partial charge is 0.446 e. The van der Waals surface area contributed by atoms with E-state index in [-0.39, 0.29) is 11.4 Å². The zero-order valence-corrected chi connectivity index (χ0v) is 17.2. The van der Waals surface area contributed by atoms with E-state index < -0.39 is 48.4 Å². The first-order chi connectivity index (χ1) is 15.3. The fourth-order valence-electron chi connectivity index (χ4n) is 4.06. The quantitative estimate of drug-likeness (QED) is 0.459. The third-order valence-corrected chi connectivity index (χ3v) is 5.86. The lowest BCUT2D eigenvalue weighted by molar-refractivity contribution is 0.0288. The van der Waals surface area contributed by atoms with E-state index in [1.54, 1.807) is 12.1 Å². The van der Waals surface area contributed by atoms with Crippen molar-refractivity contribution in [2.75, 3.05) is 6.61 Å². The van der Waals surface area contributed by atoms with Gasteiger partial charge in [0.25, 0.3) is 0 Å². The van der Waals surface area contributed by atoms with Crippen molar-refractivity contribution < 1.29 is 32.9 Å².